The smallest absolute Gasteiger partial charge is 0.416 e. The third-order valence-electron chi connectivity index (χ3n) is 5.17. The van der Waals surface area contributed by atoms with E-state index >= 15 is 0 Å². The normalized spacial score (nSPS) is 11.4. The van der Waals surface area contributed by atoms with E-state index in [2.05, 4.69) is 4.98 Å². The summed E-state index contributed by atoms with van der Waals surface area (Å²) in [5.74, 6) is -0.241. The molecule has 34 heavy (non-hydrogen) atoms. The van der Waals surface area contributed by atoms with Gasteiger partial charge in [-0.25, -0.2) is 4.98 Å². The van der Waals surface area contributed by atoms with Gasteiger partial charge in [-0.1, -0.05) is 48.5 Å². The Hall–Kier alpha value is -3.65. The number of aromatic nitrogens is 1. The Bertz CT molecular complexity index is 1310. The van der Waals surface area contributed by atoms with Crippen molar-refractivity contribution in [3.63, 3.8) is 0 Å². The second-order valence-electron chi connectivity index (χ2n) is 7.69. The zero-order valence-corrected chi connectivity index (χ0v) is 18.9. The Balaban J connectivity index is 1.48. The highest BCUT2D eigenvalue weighted by Crippen LogP contribution is 2.33. The molecule has 3 aromatic carbocycles. The lowest BCUT2D eigenvalue weighted by atomic mass is 10.0. The van der Waals surface area contributed by atoms with Crippen LogP contribution in [0.1, 0.15) is 21.7 Å². The first kappa shape index (κ1) is 23.5. The summed E-state index contributed by atoms with van der Waals surface area (Å²) >= 11 is 1.38. The summed E-state index contributed by atoms with van der Waals surface area (Å²) in [4.78, 5) is 16.4. The fourth-order valence-electron chi connectivity index (χ4n) is 3.44. The highest BCUT2D eigenvalue weighted by Gasteiger charge is 2.30. The predicted octanol–water partition coefficient (Wildman–Crippen LogP) is 7.01. The number of thiazole rings is 1. The molecule has 0 aliphatic rings. The average molecular weight is 484 g/mol. The molecular formula is C26H20F3NO3S. The molecule has 1 N–H and O–H groups in total. The van der Waals surface area contributed by atoms with Gasteiger partial charge in [-0.05, 0) is 47.9 Å². The molecule has 0 saturated carbocycles. The number of carbonyl (C=O) groups is 1. The van der Waals surface area contributed by atoms with Crippen molar-refractivity contribution in [3.8, 4) is 27.4 Å². The topological polar surface area (TPSA) is 59.4 Å². The highest BCUT2D eigenvalue weighted by molar-refractivity contribution is 7.15. The first-order chi connectivity index (χ1) is 16.2. The van der Waals surface area contributed by atoms with Crippen molar-refractivity contribution in [2.24, 2.45) is 0 Å². The second kappa shape index (κ2) is 9.69. The van der Waals surface area contributed by atoms with Gasteiger partial charge in [0.1, 0.15) is 17.4 Å². The molecule has 174 valence electrons. The van der Waals surface area contributed by atoms with E-state index in [-0.39, 0.29) is 13.0 Å². The molecule has 4 rings (SSSR count). The summed E-state index contributed by atoms with van der Waals surface area (Å²) in [6.07, 6.45) is -4.42. The molecule has 0 unspecified atom stereocenters. The monoisotopic (exact) mass is 483 g/mol. The minimum atomic E-state index is -4.37. The number of ether oxygens (including phenoxy) is 1. The van der Waals surface area contributed by atoms with Gasteiger partial charge in [-0.2, -0.15) is 13.2 Å². The van der Waals surface area contributed by atoms with Crippen LogP contribution >= 0.6 is 11.3 Å². The van der Waals surface area contributed by atoms with Crippen molar-refractivity contribution in [3.05, 3.63) is 94.5 Å². The van der Waals surface area contributed by atoms with Crippen LogP contribution in [0.25, 0.3) is 21.7 Å². The zero-order valence-electron chi connectivity index (χ0n) is 18.1. The van der Waals surface area contributed by atoms with Gasteiger partial charge in [0.15, 0.2) is 0 Å². The maximum atomic E-state index is 12.8. The lowest BCUT2D eigenvalue weighted by molar-refractivity contribution is -0.138. The van der Waals surface area contributed by atoms with Gasteiger partial charge in [0.2, 0.25) is 0 Å². The molecule has 0 spiro atoms. The van der Waals surface area contributed by atoms with E-state index in [9.17, 15) is 18.0 Å². The van der Waals surface area contributed by atoms with E-state index in [1.54, 1.807) is 6.07 Å². The van der Waals surface area contributed by atoms with Crippen molar-refractivity contribution in [1.82, 2.24) is 4.98 Å². The maximum Gasteiger partial charge on any atom is 0.416 e. The number of hydrogen-bond donors (Lipinski definition) is 1. The Morgan fingerprint density at radius 1 is 0.971 bits per heavy atom. The molecule has 0 bridgehead atoms. The van der Waals surface area contributed by atoms with Gasteiger partial charge in [-0.15, -0.1) is 11.3 Å². The van der Waals surface area contributed by atoms with Crippen LogP contribution in [-0.2, 0) is 24.0 Å². The standard InChI is InChI=1S/C26H20F3NO3S/c1-16-23(34-25(30-16)18-8-10-21(11-9-18)26(27,28)29)15-33-22-7-3-6-20(14-22)19-5-2-4-17(12-19)13-24(31)32/h2-12,14H,13,15H2,1H3,(H,31,32). The lowest BCUT2D eigenvalue weighted by Crippen LogP contribution is -2.03. The molecule has 0 aliphatic heterocycles. The number of rotatable bonds is 7. The van der Waals surface area contributed by atoms with Crippen molar-refractivity contribution in [2.75, 3.05) is 0 Å². The summed E-state index contributed by atoms with van der Waals surface area (Å²) in [5.41, 5.74) is 3.20. The van der Waals surface area contributed by atoms with E-state index in [4.69, 9.17) is 9.84 Å². The molecule has 0 aliphatic carbocycles. The Morgan fingerprint density at radius 3 is 2.32 bits per heavy atom. The van der Waals surface area contributed by atoms with E-state index in [1.165, 1.54) is 23.5 Å². The molecule has 4 nitrogen and oxygen atoms in total. The number of nitrogens with zero attached hydrogens (tertiary/aromatic N) is 1. The molecule has 0 radical (unpaired) electrons. The number of benzene rings is 3. The summed E-state index contributed by atoms with van der Waals surface area (Å²) in [6, 6.07) is 19.8. The molecule has 0 atom stereocenters. The van der Waals surface area contributed by atoms with Crippen LogP contribution in [0, 0.1) is 6.92 Å². The summed E-state index contributed by atoms with van der Waals surface area (Å²) in [6.45, 7) is 2.11. The van der Waals surface area contributed by atoms with Crippen molar-refractivity contribution < 1.29 is 27.8 Å². The van der Waals surface area contributed by atoms with Crippen LogP contribution in [0.2, 0.25) is 0 Å². The summed E-state index contributed by atoms with van der Waals surface area (Å²) < 4.78 is 44.4. The van der Waals surface area contributed by atoms with Crippen LogP contribution in [-0.4, -0.2) is 16.1 Å². The number of halogens is 3. The number of alkyl halides is 3. The van der Waals surface area contributed by atoms with Gasteiger partial charge in [-0.3, -0.25) is 4.79 Å². The highest BCUT2D eigenvalue weighted by atomic mass is 32.1. The molecule has 1 heterocycles. The molecule has 0 fully saturated rings. The lowest BCUT2D eigenvalue weighted by Gasteiger charge is -2.09. The first-order valence-electron chi connectivity index (χ1n) is 10.4. The number of carboxylic acids is 1. The third-order valence-corrected chi connectivity index (χ3v) is 6.35. The fourth-order valence-corrected chi connectivity index (χ4v) is 4.42. The van der Waals surface area contributed by atoms with Crippen LogP contribution in [0.4, 0.5) is 13.2 Å². The van der Waals surface area contributed by atoms with Gasteiger partial charge >= 0.3 is 12.1 Å². The van der Waals surface area contributed by atoms with Crippen molar-refractivity contribution in [1.29, 1.82) is 0 Å². The van der Waals surface area contributed by atoms with Crippen LogP contribution in [0.15, 0.2) is 72.8 Å². The quantitative estimate of drug-likeness (QED) is 0.307. The summed E-state index contributed by atoms with van der Waals surface area (Å²) in [7, 11) is 0. The Morgan fingerprint density at radius 2 is 1.65 bits per heavy atom. The largest absolute Gasteiger partial charge is 0.488 e. The molecule has 8 heteroatoms. The van der Waals surface area contributed by atoms with Gasteiger partial charge < -0.3 is 9.84 Å². The Kier molecular flexibility index (Phi) is 6.70. The molecule has 4 aromatic rings. The van der Waals surface area contributed by atoms with Crippen LogP contribution in [0.5, 0.6) is 5.75 Å². The third kappa shape index (κ3) is 5.63. The van der Waals surface area contributed by atoms with Crippen molar-refractivity contribution >= 4 is 17.3 Å². The van der Waals surface area contributed by atoms with E-state index < -0.39 is 17.7 Å². The SMILES string of the molecule is Cc1nc(-c2ccc(C(F)(F)F)cc2)sc1COc1cccc(-c2cccc(CC(=O)O)c2)c1. The molecular weight excluding hydrogens is 463 g/mol. The summed E-state index contributed by atoms with van der Waals surface area (Å²) in [5, 5.41) is 9.66. The molecule has 0 amide bonds. The van der Waals surface area contributed by atoms with Gasteiger partial charge in [0.05, 0.1) is 22.6 Å². The van der Waals surface area contributed by atoms with Gasteiger partial charge in [0.25, 0.3) is 0 Å². The minimum Gasteiger partial charge on any atom is -0.488 e. The molecule has 0 saturated heterocycles. The zero-order chi connectivity index (χ0) is 24.3. The van der Waals surface area contributed by atoms with Crippen LogP contribution < -0.4 is 4.74 Å². The average Bonchev–Trinajstić information content (AvgIpc) is 3.17. The molecule has 1 aromatic heterocycles. The maximum absolute atomic E-state index is 12.8. The van der Waals surface area contributed by atoms with E-state index in [0.717, 1.165) is 33.8 Å². The number of carboxylic acid groups (broad SMARTS) is 1. The number of aryl methyl sites for hydroxylation is 1. The number of aliphatic carboxylic acids is 1. The van der Waals surface area contributed by atoms with Crippen LogP contribution in [0.3, 0.4) is 0 Å². The minimum absolute atomic E-state index is 0.0457. The van der Waals surface area contributed by atoms with Crippen molar-refractivity contribution in [2.45, 2.75) is 26.1 Å². The first-order valence-corrected chi connectivity index (χ1v) is 11.2. The van der Waals surface area contributed by atoms with E-state index in [0.29, 0.717) is 21.9 Å². The van der Waals surface area contributed by atoms with Gasteiger partial charge in [0, 0.05) is 5.56 Å². The Labute approximate surface area is 198 Å². The predicted molar refractivity (Wildman–Crippen MR) is 125 cm³/mol. The van der Waals surface area contributed by atoms with E-state index in [1.807, 2.05) is 49.4 Å². The number of hydrogen-bond acceptors (Lipinski definition) is 4. The fraction of sp³-hybridized carbons (Fsp3) is 0.154. The second-order valence-corrected chi connectivity index (χ2v) is 8.77.